The molecule has 0 radical (unpaired) electrons. The molecule has 0 saturated carbocycles. The molecule has 0 aliphatic carbocycles. The highest BCUT2D eigenvalue weighted by Gasteiger charge is 2.08. The lowest BCUT2D eigenvalue weighted by atomic mass is 10.2. The maximum atomic E-state index is 8.68. The number of anilines is 1. The average molecular weight is 185 g/mol. The third-order valence-electron chi connectivity index (χ3n) is 1.85. The van der Waals surface area contributed by atoms with Crippen LogP contribution in [0, 0.1) is 11.3 Å². The molecule has 0 unspecified atom stereocenters. The van der Waals surface area contributed by atoms with Gasteiger partial charge >= 0.3 is 0 Å². The molecule has 0 amide bonds. The van der Waals surface area contributed by atoms with Gasteiger partial charge in [-0.3, -0.25) is 4.98 Å². The maximum absolute atomic E-state index is 8.68. The Morgan fingerprint density at radius 2 is 2.07 bits per heavy atom. The van der Waals surface area contributed by atoms with E-state index in [1.807, 2.05) is 6.07 Å². The Kier molecular flexibility index (Phi) is 1.92. The lowest BCUT2D eigenvalue weighted by Gasteiger charge is -1.92. The Hall–Kier alpha value is -2.28. The summed E-state index contributed by atoms with van der Waals surface area (Å²) >= 11 is 0. The van der Waals surface area contributed by atoms with Gasteiger partial charge in [0.15, 0.2) is 0 Å². The Balaban J connectivity index is 2.50. The molecule has 4 nitrogen and oxygen atoms in total. The van der Waals surface area contributed by atoms with Crippen molar-refractivity contribution in [2.75, 3.05) is 5.73 Å². The smallest absolute Gasteiger partial charge is 0.208 e. The van der Waals surface area contributed by atoms with Crippen molar-refractivity contribution >= 4 is 5.88 Å². The van der Waals surface area contributed by atoms with Crippen LogP contribution in [0.5, 0.6) is 0 Å². The van der Waals surface area contributed by atoms with Gasteiger partial charge in [-0.05, 0) is 12.1 Å². The Bertz CT molecular complexity index is 482. The highest BCUT2D eigenvalue weighted by Crippen LogP contribution is 2.25. The lowest BCUT2D eigenvalue weighted by Crippen LogP contribution is -1.82. The molecule has 0 atom stereocenters. The fraction of sp³-hybridized carbons (Fsp3) is 0. The second-order valence-electron chi connectivity index (χ2n) is 2.74. The molecule has 0 fully saturated rings. The first-order chi connectivity index (χ1) is 6.81. The van der Waals surface area contributed by atoms with Crippen LogP contribution in [-0.2, 0) is 0 Å². The quantitative estimate of drug-likeness (QED) is 0.734. The Morgan fingerprint density at radius 1 is 1.36 bits per heavy atom. The van der Waals surface area contributed by atoms with Crippen molar-refractivity contribution in [3.05, 3.63) is 36.2 Å². The summed E-state index contributed by atoms with van der Waals surface area (Å²) in [6, 6.07) is 7.15. The topological polar surface area (TPSA) is 75.8 Å². The minimum Gasteiger partial charge on any atom is -0.440 e. The van der Waals surface area contributed by atoms with Crippen LogP contribution >= 0.6 is 0 Å². The predicted octanol–water partition coefficient (Wildman–Crippen LogP) is 1.80. The third-order valence-corrected chi connectivity index (χ3v) is 1.85. The van der Waals surface area contributed by atoms with E-state index >= 15 is 0 Å². The third kappa shape index (κ3) is 1.31. The van der Waals surface area contributed by atoms with Gasteiger partial charge in [0.25, 0.3) is 0 Å². The molecule has 2 N–H and O–H groups in total. The zero-order valence-corrected chi connectivity index (χ0v) is 7.27. The van der Waals surface area contributed by atoms with Gasteiger partial charge in [0, 0.05) is 24.0 Å². The zero-order chi connectivity index (χ0) is 9.97. The molecule has 0 aromatic carbocycles. The Morgan fingerprint density at radius 3 is 2.64 bits per heavy atom. The van der Waals surface area contributed by atoms with Crippen LogP contribution < -0.4 is 5.73 Å². The van der Waals surface area contributed by atoms with Gasteiger partial charge in [-0.1, -0.05) is 0 Å². The van der Waals surface area contributed by atoms with Crippen molar-refractivity contribution in [1.82, 2.24) is 4.98 Å². The first-order valence-electron chi connectivity index (χ1n) is 4.01. The van der Waals surface area contributed by atoms with E-state index in [0.29, 0.717) is 11.3 Å². The Labute approximate surface area is 80.6 Å². The van der Waals surface area contributed by atoms with Crippen LogP contribution in [0.4, 0.5) is 5.88 Å². The summed E-state index contributed by atoms with van der Waals surface area (Å²) in [7, 11) is 0. The molecule has 68 valence electrons. The second kappa shape index (κ2) is 3.23. The number of pyridine rings is 1. The largest absolute Gasteiger partial charge is 0.440 e. The molecule has 0 spiro atoms. The predicted molar refractivity (Wildman–Crippen MR) is 51.1 cm³/mol. The van der Waals surface area contributed by atoms with Gasteiger partial charge in [0.2, 0.25) is 5.88 Å². The maximum Gasteiger partial charge on any atom is 0.208 e. The number of rotatable bonds is 1. The van der Waals surface area contributed by atoms with E-state index in [1.54, 1.807) is 30.6 Å². The molecule has 2 rings (SSSR count). The minimum absolute atomic E-state index is 0.152. The average Bonchev–Trinajstić information content (AvgIpc) is 2.61. The summed E-state index contributed by atoms with van der Waals surface area (Å²) in [6.07, 6.45) is 3.31. The van der Waals surface area contributed by atoms with E-state index in [0.717, 1.165) is 5.56 Å². The minimum atomic E-state index is 0.152. The summed E-state index contributed by atoms with van der Waals surface area (Å²) < 4.78 is 5.22. The molecule has 14 heavy (non-hydrogen) atoms. The second-order valence-corrected chi connectivity index (χ2v) is 2.74. The van der Waals surface area contributed by atoms with Gasteiger partial charge in [0.05, 0.1) is 0 Å². The summed E-state index contributed by atoms with van der Waals surface area (Å²) in [4.78, 5) is 3.88. The fourth-order valence-electron chi connectivity index (χ4n) is 1.15. The monoisotopic (exact) mass is 185 g/mol. The number of nitrogens with two attached hydrogens (primary N) is 1. The molecule has 2 heterocycles. The summed E-state index contributed by atoms with van der Waals surface area (Å²) in [5.41, 5.74) is 6.70. The molecule has 0 bridgehead atoms. The molecular formula is C10H7N3O. The highest BCUT2D eigenvalue weighted by molar-refractivity contribution is 5.63. The standard InChI is InChI=1S/C10H7N3O/c11-6-8-5-9(14-10(8)12)7-1-3-13-4-2-7/h1-5H,12H2. The SMILES string of the molecule is N#Cc1cc(-c2ccncc2)oc1N. The number of hydrogen-bond donors (Lipinski definition) is 1. The molecule has 0 aliphatic heterocycles. The van der Waals surface area contributed by atoms with Gasteiger partial charge in [-0.15, -0.1) is 0 Å². The number of nitrogen functional groups attached to an aromatic ring is 1. The van der Waals surface area contributed by atoms with Crippen LogP contribution in [0.3, 0.4) is 0 Å². The van der Waals surface area contributed by atoms with Crippen molar-refractivity contribution in [2.45, 2.75) is 0 Å². The molecule has 0 aliphatic rings. The fourth-order valence-corrected chi connectivity index (χ4v) is 1.15. The number of nitriles is 1. The van der Waals surface area contributed by atoms with Crippen LogP contribution in [0.25, 0.3) is 11.3 Å². The van der Waals surface area contributed by atoms with Crippen molar-refractivity contribution in [1.29, 1.82) is 5.26 Å². The lowest BCUT2D eigenvalue weighted by molar-refractivity contribution is 0.602. The van der Waals surface area contributed by atoms with Gasteiger partial charge in [-0.25, -0.2) is 0 Å². The van der Waals surface area contributed by atoms with Crippen molar-refractivity contribution in [3.63, 3.8) is 0 Å². The summed E-state index contributed by atoms with van der Waals surface area (Å²) in [5, 5.41) is 8.68. The number of aromatic nitrogens is 1. The van der Waals surface area contributed by atoms with Crippen molar-refractivity contribution in [2.24, 2.45) is 0 Å². The van der Waals surface area contributed by atoms with E-state index in [1.165, 1.54) is 0 Å². The van der Waals surface area contributed by atoms with Crippen molar-refractivity contribution < 1.29 is 4.42 Å². The first kappa shape index (κ1) is 8.32. The highest BCUT2D eigenvalue weighted by atomic mass is 16.4. The van der Waals surface area contributed by atoms with Crippen LogP contribution in [0.15, 0.2) is 35.0 Å². The van der Waals surface area contributed by atoms with Crippen LogP contribution in [-0.4, -0.2) is 4.98 Å². The molecule has 2 aromatic rings. The number of hydrogen-bond acceptors (Lipinski definition) is 4. The van der Waals surface area contributed by atoms with Gasteiger partial charge in [-0.2, -0.15) is 5.26 Å². The molecular weight excluding hydrogens is 178 g/mol. The van der Waals surface area contributed by atoms with E-state index < -0.39 is 0 Å². The number of nitrogens with zero attached hydrogens (tertiary/aromatic N) is 2. The van der Waals surface area contributed by atoms with Crippen LogP contribution in [0.2, 0.25) is 0 Å². The normalized spacial score (nSPS) is 9.64. The molecule has 4 heteroatoms. The van der Waals surface area contributed by atoms with Crippen molar-refractivity contribution in [3.8, 4) is 17.4 Å². The molecule has 0 saturated heterocycles. The molecule has 2 aromatic heterocycles. The van der Waals surface area contributed by atoms with Gasteiger partial charge < -0.3 is 10.2 Å². The summed E-state index contributed by atoms with van der Waals surface area (Å²) in [5.74, 6) is 0.737. The van der Waals surface area contributed by atoms with Gasteiger partial charge in [0.1, 0.15) is 17.4 Å². The van der Waals surface area contributed by atoms with E-state index in [-0.39, 0.29) is 5.88 Å². The number of furan rings is 1. The van der Waals surface area contributed by atoms with E-state index in [2.05, 4.69) is 4.98 Å². The van der Waals surface area contributed by atoms with Crippen LogP contribution in [0.1, 0.15) is 5.56 Å². The zero-order valence-electron chi connectivity index (χ0n) is 7.27. The van der Waals surface area contributed by atoms with E-state index in [4.69, 9.17) is 15.4 Å². The summed E-state index contributed by atoms with van der Waals surface area (Å²) in [6.45, 7) is 0. The van der Waals surface area contributed by atoms with E-state index in [9.17, 15) is 0 Å². The first-order valence-corrected chi connectivity index (χ1v) is 4.01.